The third kappa shape index (κ3) is 1.55. The van der Waals surface area contributed by atoms with E-state index >= 15 is 0 Å². The number of benzene rings is 1. The van der Waals surface area contributed by atoms with Crippen molar-refractivity contribution in [3.8, 4) is 11.4 Å². The van der Waals surface area contributed by atoms with Gasteiger partial charge in [-0.3, -0.25) is 0 Å². The molecule has 1 heterocycles. The van der Waals surface area contributed by atoms with Crippen LogP contribution in [0.3, 0.4) is 0 Å². The molecule has 0 atom stereocenters. The molecule has 0 saturated carbocycles. The van der Waals surface area contributed by atoms with Gasteiger partial charge in [-0.2, -0.15) is 0 Å². The topological polar surface area (TPSA) is 17.8 Å². The fraction of sp³-hybridized carbons (Fsp3) is 0.250. The Hall–Kier alpha value is -1.57. The Morgan fingerprint density at radius 2 is 1.93 bits per heavy atom. The third-order valence-corrected chi connectivity index (χ3v) is 2.44. The second-order valence-corrected chi connectivity index (χ2v) is 3.41. The minimum atomic E-state index is 1.02. The summed E-state index contributed by atoms with van der Waals surface area (Å²) in [4.78, 5) is 4.30. The lowest BCUT2D eigenvalue weighted by Gasteiger charge is -2.02. The standard InChI is InChI=1S/C12H14N2/c1-3-10-4-6-11(7-5-10)12-13-8-9-14(12)2/h4-9H,3H2,1-2H3. The van der Waals surface area contributed by atoms with E-state index in [0.717, 1.165) is 12.2 Å². The first-order valence-corrected chi connectivity index (χ1v) is 4.88. The van der Waals surface area contributed by atoms with Crippen molar-refractivity contribution in [2.45, 2.75) is 13.3 Å². The molecule has 14 heavy (non-hydrogen) atoms. The van der Waals surface area contributed by atoms with E-state index in [2.05, 4.69) is 36.2 Å². The Balaban J connectivity index is 2.39. The zero-order valence-corrected chi connectivity index (χ0v) is 8.57. The van der Waals surface area contributed by atoms with Gasteiger partial charge in [-0.1, -0.05) is 31.2 Å². The third-order valence-electron chi connectivity index (χ3n) is 2.44. The van der Waals surface area contributed by atoms with E-state index in [-0.39, 0.29) is 0 Å². The monoisotopic (exact) mass is 186 g/mol. The first kappa shape index (κ1) is 9.00. The van der Waals surface area contributed by atoms with Crippen LogP contribution in [0.2, 0.25) is 0 Å². The Bertz CT molecular complexity index is 412. The quantitative estimate of drug-likeness (QED) is 0.705. The van der Waals surface area contributed by atoms with Crippen LogP contribution in [0.5, 0.6) is 0 Å². The van der Waals surface area contributed by atoms with Crippen LogP contribution in [-0.2, 0) is 13.5 Å². The highest BCUT2D eigenvalue weighted by atomic mass is 15.0. The average Bonchev–Trinajstić information content (AvgIpc) is 2.65. The first-order valence-electron chi connectivity index (χ1n) is 4.88. The highest BCUT2D eigenvalue weighted by Crippen LogP contribution is 2.17. The van der Waals surface area contributed by atoms with Gasteiger partial charge in [0.2, 0.25) is 0 Å². The van der Waals surface area contributed by atoms with Crippen LogP contribution in [0.1, 0.15) is 12.5 Å². The molecule has 72 valence electrons. The Labute approximate surface area is 84.2 Å². The van der Waals surface area contributed by atoms with Crippen LogP contribution < -0.4 is 0 Å². The number of rotatable bonds is 2. The molecular weight excluding hydrogens is 172 g/mol. The molecule has 0 aliphatic rings. The second kappa shape index (κ2) is 3.66. The van der Waals surface area contributed by atoms with E-state index in [0.29, 0.717) is 0 Å². The van der Waals surface area contributed by atoms with E-state index in [1.54, 1.807) is 0 Å². The molecule has 0 amide bonds. The number of nitrogens with zero attached hydrogens (tertiary/aromatic N) is 2. The number of hydrogen-bond acceptors (Lipinski definition) is 1. The first-order chi connectivity index (χ1) is 6.81. The fourth-order valence-electron chi connectivity index (χ4n) is 1.53. The van der Waals surface area contributed by atoms with Gasteiger partial charge in [0, 0.05) is 25.0 Å². The van der Waals surface area contributed by atoms with Gasteiger partial charge in [0.15, 0.2) is 0 Å². The van der Waals surface area contributed by atoms with Gasteiger partial charge >= 0.3 is 0 Å². The summed E-state index contributed by atoms with van der Waals surface area (Å²) in [6, 6.07) is 8.57. The molecular formula is C12H14N2. The summed E-state index contributed by atoms with van der Waals surface area (Å²) >= 11 is 0. The van der Waals surface area contributed by atoms with Crippen molar-refractivity contribution in [1.82, 2.24) is 9.55 Å². The van der Waals surface area contributed by atoms with E-state index in [1.165, 1.54) is 11.1 Å². The van der Waals surface area contributed by atoms with Crippen LogP contribution in [0.4, 0.5) is 0 Å². The summed E-state index contributed by atoms with van der Waals surface area (Å²) in [5.74, 6) is 1.02. The van der Waals surface area contributed by atoms with Crippen LogP contribution in [0.15, 0.2) is 36.7 Å². The molecule has 0 unspecified atom stereocenters. The van der Waals surface area contributed by atoms with Gasteiger partial charge in [-0.25, -0.2) is 4.98 Å². The van der Waals surface area contributed by atoms with Crippen molar-refractivity contribution in [1.29, 1.82) is 0 Å². The summed E-state index contributed by atoms with van der Waals surface area (Å²) in [7, 11) is 2.01. The minimum absolute atomic E-state index is 1.02. The van der Waals surface area contributed by atoms with Crippen LogP contribution in [-0.4, -0.2) is 9.55 Å². The molecule has 2 rings (SSSR count). The summed E-state index contributed by atoms with van der Waals surface area (Å²) in [5, 5.41) is 0. The molecule has 0 saturated heterocycles. The summed E-state index contributed by atoms with van der Waals surface area (Å²) < 4.78 is 2.03. The van der Waals surface area contributed by atoms with E-state index in [4.69, 9.17) is 0 Å². The minimum Gasteiger partial charge on any atom is -0.334 e. The maximum absolute atomic E-state index is 4.30. The van der Waals surface area contributed by atoms with Gasteiger partial charge in [-0.15, -0.1) is 0 Å². The Morgan fingerprint density at radius 1 is 1.21 bits per heavy atom. The average molecular weight is 186 g/mol. The lowest BCUT2D eigenvalue weighted by molar-refractivity contribution is 0.924. The fourth-order valence-corrected chi connectivity index (χ4v) is 1.53. The van der Waals surface area contributed by atoms with Gasteiger partial charge in [0.05, 0.1) is 0 Å². The lowest BCUT2D eigenvalue weighted by Crippen LogP contribution is -1.91. The normalized spacial score (nSPS) is 10.4. The molecule has 1 aromatic heterocycles. The van der Waals surface area contributed by atoms with Crippen molar-refractivity contribution < 1.29 is 0 Å². The van der Waals surface area contributed by atoms with Gasteiger partial charge < -0.3 is 4.57 Å². The van der Waals surface area contributed by atoms with Crippen molar-refractivity contribution in [2.24, 2.45) is 7.05 Å². The van der Waals surface area contributed by atoms with Crippen molar-refractivity contribution in [2.75, 3.05) is 0 Å². The molecule has 0 spiro atoms. The molecule has 0 aliphatic heterocycles. The summed E-state index contributed by atoms with van der Waals surface area (Å²) in [6.45, 7) is 2.16. The van der Waals surface area contributed by atoms with Crippen molar-refractivity contribution >= 4 is 0 Å². The predicted octanol–water partition coefficient (Wildman–Crippen LogP) is 2.65. The van der Waals surface area contributed by atoms with Crippen molar-refractivity contribution in [3.63, 3.8) is 0 Å². The second-order valence-electron chi connectivity index (χ2n) is 3.41. The van der Waals surface area contributed by atoms with Crippen LogP contribution in [0.25, 0.3) is 11.4 Å². The van der Waals surface area contributed by atoms with E-state index in [9.17, 15) is 0 Å². The molecule has 2 heteroatoms. The molecule has 2 nitrogen and oxygen atoms in total. The number of imidazole rings is 1. The Morgan fingerprint density at radius 3 is 2.43 bits per heavy atom. The molecule has 0 aliphatic carbocycles. The molecule has 1 aromatic carbocycles. The number of aryl methyl sites for hydroxylation is 2. The van der Waals surface area contributed by atoms with Crippen molar-refractivity contribution in [3.05, 3.63) is 42.2 Å². The molecule has 0 radical (unpaired) electrons. The smallest absolute Gasteiger partial charge is 0.139 e. The number of hydrogen-bond donors (Lipinski definition) is 0. The van der Waals surface area contributed by atoms with Crippen LogP contribution >= 0.6 is 0 Å². The number of aromatic nitrogens is 2. The zero-order chi connectivity index (χ0) is 9.97. The zero-order valence-electron chi connectivity index (χ0n) is 8.57. The summed E-state index contributed by atoms with van der Waals surface area (Å²) in [5.41, 5.74) is 2.54. The van der Waals surface area contributed by atoms with E-state index < -0.39 is 0 Å². The molecule has 2 aromatic rings. The highest BCUT2D eigenvalue weighted by molar-refractivity contribution is 5.55. The SMILES string of the molecule is CCc1ccc(-c2nccn2C)cc1. The largest absolute Gasteiger partial charge is 0.334 e. The van der Waals surface area contributed by atoms with E-state index in [1.807, 2.05) is 24.0 Å². The lowest BCUT2D eigenvalue weighted by atomic mass is 10.1. The molecule has 0 N–H and O–H groups in total. The molecule has 0 bridgehead atoms. The summed E-state index contributed by atoms with van der Waals surface area (Å²) in [6.07, 6.45) is 4.87. The van der Waals surface area contributed by atoms with Gasteiger partial charge in [0.25, 0.3) is 0 Å². The Kier molecular flexibility index (Phi) is 2.35. The molecule has 0 fully saturated rings. The predicted molar refractivity (Wildman–Crippen MR) is 58.0 cm³/mol. The highest BCUT2D eigenvalue weighted by Gasteiger charge is 2.01. The maximum atomic E-state index is 4.30. The maximum Gasteiger partial charge on any atom is 0.139 e. The van der Waals surface area contributed by atoms with Gasteiger partial charge in [0.1, 0.15) is 5.82 Å². The van der Waals surface area contributed by atoms with Crippen LogP contribution in [0, 0.1) is 0 Å². The van der Waals surface area contributed by atoms with Gasteiger partial charge in [-0.05, 0) is 12.0 Å².